The van der Waals surface area contributed by atoms with Gasteiger partial charge >= 0.3 is 17.8 Å². The largest absolute Gasteiger partial charge is 0.480 e. The maximum Gasteiger partial charge on any atom is 0.396 e. The molecule has 1 fully saturated rings. The number of carboxylic acid groups (broad SMARTS) is 1. The van der Waals surface area contributed by atoms with E-state index >= 15 is 0 Å². The van der Waals surface area contributed by atoms with E-state index in [0.29, 0.717) is 0 Å². The fourth-order valence-corrected chi connectivity index (χ4v) is 0.616. The smallest absolute Gasteiger partial charge is 0.396 e. The standard InChI is InChI=1S/C5H5NO5/c7-3-5(10)11-1-2(6-3)4(8)9/h2H,1H2,(H,6,7)(H,8,9)/t2-/m1/s1. The third kappa shape index (κ3) is 1.46. The summed E-state index contributed by atoms with van der Waals surface area (Å²) in [7, 11) is 0. The molecule has 1 saturated heterocycles. The predicted octanol–water partition coefficient (Wildman–Crippen LogP) is -1.89. The fourth-order valence-electron chi connectivity index (χ4n) is 0.616. The van der Waals surface area contributed by atoms with Crippen LogP contribution in [0.2, 0.25) is 0 Å². The van der Waals surface area contributed by atoms with Crippen molar-refractivity contribution in [1.82, 2.24) is 5.32 Å². The molecule has 11 heavy (non-hydrogen) atoms. The first kappa shape index (κ1) is 7.52. The molecule has 0 aromatic carbocycles. The maximum atomic E-state index is 10.5. The monoisotopic (exact) mass is 159 g/mol. The molecular formula is C5H5NO5. The molecule has 1 aliphatic heterocycles. The van der Waals surface area contributed by atoms with Crippen molar-refractivity contribution in [3.63, 3.8) is 0 Å². The zero-order valence-electron chi connectivity index (χ0n) is 5.36. The van der Waals surface area contributed by atoms with Crippen LogP contribution in [0.15, 0.2) is 0 Å². The highest BCUT2D eigenvalue weighted by atomic mass is 16.5. The Morgan fingerprint density at radius 2 is 2.27 bits per heavy atom. The van der Waals surface area contributed by atoms with Crippen LogP contribution < -0.4 is 5.32 Å². The van der Waals surface area contributed by atoms with Crippen molar-refractivity contribution in [2.24, 2.45) is 0 Å². The molecule has 1 aliphatic rings. The Morgan fingerprint density at radius 3 is 2.73 bits per heavy atom. The number of amides is 1. The van der Waals surface area contributed by atoms with Crippen molar-refractivity contribution >= 4 is 17.8 Å². The number of morpholine rings is 1. The number of carboxylic acids is 1. The average Bonchev–Trinajstić information content (AvgIpc) is 1.94. The number of aliphatic carboxylic acids is 1. The molecule has 0 spiro atoms. The van der Waals surface area contributed by atoms with Crippen LogP contribution in [0.4, 0.5) is 0 Å². The summed E-state index contributed by atoms with van der Waals surface area (Å²) in [6.45, 7) is -0.306. The lowest BCUT2D eigenvalue weighted by Crippen LogP contribution is -2.52. The third-order valence-electron chi connectivity index (χ3n) is 1.17. The molecule has 0 aliphatic carbocycles. The Morgan fingerprint density at radius 1 is 1.64 bits per heavy atom. The number of carbonyl (C=O) groups is 3. The molecule has 0 bridgehead atoms. The van der Waals surface area contributed by atoms with Crippen molar-refractivity contribution in [3.05, 3.63) is 0 Å². The van der Waals surface area contributed by atoms with E-state index in [9.17, 15) is 14.4 Å². The summed E-state index contributed by atoms with van der Waals surface area (Å²) in [6.07, 6.45) is 0. The van der Waals surface area contributed by atoms with Crippen molar-refractivity contribution < 1.29 is 24.2 Å². The second-order valence-corrected chi connectivity index (χ2v) is 1.96. The minimum Gasteiger partial charge on any atom is -0.480 e. The van der Waals surface area contributed by atoms with Crippen LogP contribution in [0.5, 0.6) is 0 Å². The Bertz CT molecular complexity index is 223. The highest BCUT2D eigenvalue weighted by molar-refractivity contribution is 6.33. The molecule has 0 saturated carbocycles. The van der Waals surface area contributed by atoms with Crippen LogP contribution in [0.3, 0.4) is 0 Å². The number of carbonyl (C=O) groups excluding carboxylic acids is 2. The van der Waals surface area contributed by atoms with Crippen LogP contribution in [-0.2, 0) is 19.1 Å². The van der Waals surface area contributed by atoms with Crippen molar-refractivity contribution in [3.8, 4) is 0 Å². The quantitative estimate of drug-likeness (QED) is 0.344. The molecule has 1 amide bonds. The summed E-state index contributed by atoms with van der Waals surface area (Å²) in [5.74, 6) is -3.27. The SMILES string of the molecule is O=C1N[C@@H](C(=O)O)COC1=O. The second kappa shape index (κ2) is 2.57. The molecule has 0 unspecified atom stereocenters. The van der Waals surface area contributed by atoms with Gasteiger partial charge in [0.1, 0.15) is 6.61 Å². The first-order chi connectivity index (χ1) is 5.11. The summed E-state index contributed by atoms with van der Waals surface area (Å²) in [4.78, 5) is 31.0. The summed E-state index contributed by atoms with van der Waals surface area (Å²) in [6, 6.07) is -1.11. The second-order valence-electron chi connectivity index (χ2n) is 1.96. The van der Waals surface area contributed by atoms with E-state index < -0.39 is 23.9 Å². The topological polar surface area (TPSA) is 92.7 Å². The van der Waals surface area contributed by atoms with Gasteiger partial charge in [0.05, 0.1) is 0 Å². The van der Waals surface area contributed by atoms with Crippen LogP contribution in [0.1, 0.15) is 0 Å². The molecule has 0 aromatic rings. The van der Waals surface area contributed by atoms with Crippen LogP contribution in [-0.4, -0.2) is 35.6 Å². The summed E-state index contributed by atoms with van der Waals surface area (Å²) < 4.78 is 4.23. The zero-order chi connectivity index (χ0) is 8.43. The Balaban J connectivity index is 2.60. The summed E-state index contributed by atoms with van der Waals surface area (Å²) in [5, 5.41) is 10.3. The number of esters is 1. The van der Waals surface area contributed by atoms with Crippen LogP contribution in [0, 0.1) is 0 Å². The molecule has 2 N–H and O–H groups in total. The van der Waals surface area contributed by atoms with Gasteiger partial charge in [0.25, 0.3) is 0 Å². The van der Waals surface area contributed by atoms with Gasteiger partial charge in [-0.05, 0) is 0 Å². The highest BCUT2D eigenvalue weighted by Gasteiger charge is 2.31. The lowest BCUT2D eigenvalue weighted by Gasteiger charge is -2.18. The van der Waals surface area contributed by atoms with E-state index in [4.69, 9.17) is 5.11 Å². The zero-order valence-corrected chi connectivity index (χ0v) is 5.36. The van der Waals surface area contributed by atoms with E-state index in [1.165, 1.54) is 0 Å². The van der Waals surface area contributed by atoms with E-state index in [1.54, 1.807) is 0 Å². The molecule has 6 nitrogen and oxygen atoms in total. The number of nitrogens with one attached hydrogen (secondary N) is 1. The Hall–Kier alpha value is -1.59. The maximum absolute atomic E-state index is 10.5. The minimum atomic E-state index is -1.22. The van der Waals surface area contributed by atoms with Gasteiger partial charge in [-0.15, -0.1) is 0 Å². The molecule has 0 aromatic heterocycles. The summed E-state index contributed by atoms with van der Waals surface area (Å²) in [5.41, 5.74) is 0. The van der Waals surface area contributed by atoms with E-state index in [0.717, 1.165) is 0 Å². The number of rotatable bonds is 1. The Labute approximate surface area is 61.1 Å². The molecule has 6 heteroatoms. The van der Waals surface area contributed by atoms with Gasteiger partial charge in [-0.2, -0.15) is 0 Å². The van der Waals surface area contributed by atoms with E-state index in [-0.39, 0.29) is 6.61 Å². The average molecular weight is 159 g/mol. The first-order valence-corrected chi connectivity index (χ1v) is 2.81. The van der Waals surface area contributed by atoms with Crippen molar-refractivity contribution in [2.75, 3.05) is 6.61 Å². The number of hydrogen-bond acceptors (Lipinski definition) is 4. The lowest BCUT2D eigenvalue weighted by atomic mass is 10.3. The van der Waals surface area contributed by atoms with E-state index in [2.05, 4.69) is 4.74 Å². The third-order valence-corrected chi connectivity index (χ3v) is 1.17. The summed E-state index contributed by atoms with van der Waals surface area (Å²) >= 11 is 0. The van der Waals surface area contributed by atoms with Crippen LogP contribution in [0.25, 0.3) is 0 Å². The number of hydrogen-bond donors (Lipinski definition) is 2. The number of ether oxygens (including phenoxy) is 1. The molecule has 1 atom stereocenters. The van der Waals surface area contributed by atoms with Gasteiger partial charge in [0.2, 0.25) is 0 Å². The molecule has 1 heterocycles. The Kier molecular flexibility index (Phi) is 1.75. The predicted molar refractivity (Wildman–Crippen MR) is 30.5 cm³/mol. The minimum absolute atomic E-state index is 0.306. The molecule has 1 rings (SSSR count). The van der Waals surface area contributed by atoms with E-state index in [1.807, 2.05) is 5.32 Å². The van der Waals surface area contributed by atoms with Crippen LogP contribution >= 0.6 is 0 Å². The molecular weight excluding hydrogens is 154 g/mol. The van der Waals surface area contributed by atoms with Gasteiger partial charge in [0.15, 0.2) is 6.04 Å². The first-order valence-electron chi connectivity index (χ1n) is 2.81. The van der Waals surface area contributed by atoms with Crippen molar-refractivity contribution in [1.29, 1.82) is 0 Å². The number of cyclic esters (lactones) is 1. The fraction of sp³-hybridized carbons (Fsp3) is 0.400. The van der Waals surface area contributed by atoms with Gasteiger partial charge in [-0.3, -0.25) is 4.79 Å². The highest BCUT2D eigenvalue weighted by Crippen LogP contribution is 1.94. The molecule has 0 radical (unpaired) electrons. The van der Waals surface area contributed by atoms with Crippen molar-refractivity contribution in [2.45, 2.75) is 6.04 Å². The van der Waals surface area contributed by atoms with Gasteiger partial charge < -0.3 is 15.2 Å². The normalized spacial score (nSPS) is 23.8. The lowest BCUT2D eigenvalue weighted by molar-refractivity contribution is -0.163. The van der Waals surface area contributed by atoms with Gasteiger partial charge in [0, 0.05) is 0 Å². The van der Waals surface area contributed by atoms with Gasteiger partial charge in [-0.1, -0.05) is 0 Å². The van der Waals surface area contributed by atoms with Gasteiger partial charge in [-0.25, -0.2) is 9.59 Å². The molecule has 60 valence electrons.